The molecule has 0 bridgehead atoms. The Morgan fingerprint density at radius 3 is 2.80 bits per heavy atom. The highest BCUT2D eigenvalue weighted by atomic mass is 16.6. The van der Waals surface area contributed by atoms with Crippen LogP contribution in [0.5, 0.6) is 0 Å². The summed E-state index contributed by atoms with van der Waals surface area (Å²) in [4.78, 5) is 22.1. The van der Waals surface area contributed by atoms with Gasteiger partial charge in [0.2, 0.25) is 0 Å². The van der Waals surface area contributed by atoms with Crippen LogP contribution in [0.2, 0.25) is 0 Å². The quantitative estimate of drug-likeness (QED) is 0.719. The first kappa shape index (κ1) is 11.5. The summed E-state index contributed by atoms with van der Waals surface area (Å²) in [6.45, 7) is 3.29. The molecule has 1 atom stereocenters. The fraction of sp³-hybridized carbons (Fsp3) is 0.455. The standard InChI is InChI=1S/C11H14O4/c1-3-9(12)15-11(2)7-5-4-6-8(11)10(13)14/h4-6H,3,7H2,1-2H3,(H,13,14). The van der Waals surface area contributed by atoms with Crippen LogP contribution in [-0.2, 0) is 14.3 Å². The zero-order valence-corrected chi connectivity index (χ0v) is 8.82. The Hall–Kier alpha value is -1.58. The van der Waals surface area contributed by atoms with Gasteiger partial charge < -0.3 is 9.84 Å². The van der Waals surface area contributed by atoms with Crippen molar-refractivity contribution in [2.75, 3.05) is 0 Å². The molecule has 4 heteroatoms. The lowest BCUT2D eigenvalue weighted by Crippen LogP contribution is -2.37. The van der Waals surface area contributed by atoms with Gasteiger partial charge in [-0.05, 0) is 13.0 Å². The Morgan fingerprint density at radius 1 is 1.60 bits per heavy atom. The number of ether oxygens (including phenoxy) is 1. The molecule has 0 aromatic heterocycles. The van der Waals surface area contributed by atoms with Gasteiger partial charge in [0, 0.05) is 12.8 Å². The van der Waals surface area contributed by atoms with Gasteiger partial charge in [0.15, 0.2) is 0 Å². The molecule has 0 aromatic carbocycles. The molecule has 1 unspecified atom stereocenters. The topological polar surface area (TPSA) is 63.6 Å². The first-order valence-corrected chi connectivity index (χ1v) is 4.82. The third kappa shape index (κ3) is 2.46. The predicted octanol–water partition coefficient (Wildman–Crippen LogP) is 1.67. The highest BCUT2D eigenvalue weighted by Crippen LogP contribution is 2.29. The molecule has 0 saturated heterocycles. The molecule has 0 saturated carbocycles. The van der Waals surface area contributed by atoms with Crippen molar-refractivity contribution in [1.82, 2.24) is 0 Å². The normalized spacial score (nSPS) is 24.5. The second kappa shape index (κ2) is 4.29. The third-order valence-electron chi connectivity index (χ3n) is 2.33. The van der Waals surface area contributed by atoms with Gasteiger partial charge in [-0.15, -0.1) is 0 Å². The molecular weight excluding hydrogens is 196 g/mol. The second-order valence-electron chi connectivity index (χ2n) is 3.58. The van der Waals surface area contributed by atoms with E-state index in [-0.39, 0.29) is 18.0 Å². The van der Waals surface area contributed by atoms with E-state index in [0.717, 1.165) is 0 Å². The van der Waals surface area contributed by atoms with E-state index in [9.17, 15) is 9.59 Å². The molecule has 0 aliphatic heterocycles. The molecule has 1 rings (SSSR count). The predicted molar refractivity (Wildman–Crippen MR) is 54.3 cm³/mol. The van der Waals surface area contributed by atoms with Crippen LogP contribution in [0.3, 0.4) is 0 Å². The average Bonchev–Trinajstić information content (AvgIpc) is 2.17. The van der Waals surface area contributed by atoms with Gasteiger partial charge >= 0.3 is 11.9 Å². The van der Waals surface area contributed by atoms with Crippen molar-refractivity contribution < 1.29 is 19.4 Å². The Labute approximate surface area is 88.2 Å². The Morgan fingerprint density at radius 2 is 2.27 bits per heavy atom. The lowest BCUT2D eigenvalue weighted by Gasteiger charge is -2.30. The molecule has 1 N–H and O–H groups in total. The number of carboxylic acid groups (broad SMARTS) is 1. The largest absolute Gasteiger partial charge is 0.478 e. The number of hydrogen-bond donors (Lipinski definition) is 1. The third-order valence-corrected chi connectivity index (χ3v) is 2.33. The van der Waals surface area contributed by atoms with Crippen molar-refractivity contribution in [1.29, 1.82) is 0 Å². The smallest absolute Gasteiger partial charge is 0.335 e. The van der Waals surface area contributed by atoms with Gasteiger partial charge in [-0.3, -0.25) is 4.79 Å². The first-order valence-electron chi connectivity index (χ1n) is 4.82. The molecule has 0 aromatic rings. The molecule has 0 amide bonds. The van der Waals surface area contributed by atoms with E-state index in [1.807, 2.05) is 0 Å². The molecule has 1 aliphatic carbocycles. The summed E-state index contributed by atoms with van der Waals surface area (Å²) in [5.74, 6) is -1.44. The number of aliphatic carboxylic acids is 1. The summed E-state index contributed by atoms with van der Waals surface area (Å²) >= 11 is 0. The highest BCUT2D eigenvalue weighted by Gasteiger charge is 2.37. The van der Waals surface area contributed by atoms with Crippen LogP contribution in [0.15, 0.2) is 23.8 Å². The SMILES string of the molecule is CCC(=O)OC1(C)CC=CC=C1C(=O)O. The molecule has 82 valence electrons. The van der Waals surface area contributed by atoms with E-state index in [4.69, 9.17) is 9.84 Å². The number of esters is 1. The van der Waals surface area contributed by atoms with Crippen molar-refractivity contribution in [3.63, 3.8) is 0 Å². The van der Waals surface area contributed by atoms with Gasteiger partial charge in [-0.1, -0.05) is 19.1 Å². The minimum absolute atomic E-state index is 0.117. The summed E-state index contributed by atoms with van der Waals surface area (Å²) in [6.07, 6.45) is 5.55. The Kier molecular flexibility index (Phi) is 3.29. The Bertz CT molecular complexity index is 340. The molecule has 0 fully saturated rings. The van der Waals surface area contributed by atoms with Gasteiger partial charge in [0.25, 0.3) is 0 Å². The van der Waals surface area contributed by atoms with Gasteiger partial charge in [0.05, 0.1) is 5.57 Å². The first-order chi connectivity index (χ1) is 6.99. The molecular formula is C11H14O4. The van der Waals surface area contributed by atoms with Crippen molar-refractivity contribution in [3.05, 3.63) is 23.8 Å². The van der Waals surface area contributed by atoms with Crippen LogP contribution < -0.4 is 0 Å². The van der Waals surface area contributed by atoms with Crippen molar-refractivity contribution >= 4 is 11.9 Å². The molecule has 4 nitrogen and oxygen atoms in total. The number of hydrogen-bond acceptors (Lipinski definition) is 3. The number of rotatable bonds is 3. The molecule has 0 radical (unpaired) electrons. The average molecular weight is 210 g/mol. The number of carboxylic acids is 1. The summed E-state index contributed by atoms with van der Waals surface area (Å²) in [7, 11) is 0. The maximum atomic E-state index is 11.2. The zero-order valence-electron chi connectivity index (χ0n) is 8.82. The van der Waals surface area contributed by atoms with Gasteiger partial charge in [0.1, 0.15) is 5.60 Å². The number of allylic oxidation sites excluding steroid dienone is 2. The van der Waals surface area contributed by atoms with E-state index in [0.29, 0.717) is 6.42 Å². The van der Waals surface area contributed by atoms with Gasteiger partial charge in [-0.25, -0.2) is 4.79 Å². The lowest BCUT2D eigenvalue weighted by molar-refractivity contribution is -0.156. The van der Waals surface area contributed by atoms with E-state index in [1.54, 1.807) is 26.0 Å². The fourth-order valence-electron chi connectivity index (χ4n) is 1.46. The minimum atomic E-state index is -1.05. The molecule has 15 heavy (non-hydrogen) atoms. The lowest BCUT2D eigenvalue weighted by atomic mass is 9.88. The molecule has 0 heterocycles. The molecule has 0 spiro atoms. The maximum absolute atomic E-state index is 11.2. The number of carbonyl (C=O) groups excluding carboxylic acids is 1. The summed E-state index contributed by atoms with van der Waals surface area (Å²) in [5.41, 5.74) is -0.917. The van der Waals surface area contributed by atoms with Crippen LogP contribution in [-0.4, -0.2) is 22.6 Å². The highest BCUT2D eigenvalue weighted by molar-refractivity contribution is 5.90. The monoisotopic (exact) mass is 210 g/mol. The summed E-state index contributed by atoms with van der Waals surface area (Å²) in [5, 5.41) is 8.97. The number of carbonyl (C=O) groups is 2. The van der Waals surface area contributed by atoms with E-state index in [2.05, 4.69) is 0 Å². The maximum Gasteiger partial charge on any atom is 0.335 e. The van der Waals surface area contributed by atoms with Crippen LogP contribution in [0, 0.1) is 0 Å². The van der Waals surface area contributed by atoms with E-state index in [1.165, 1.54) is 6.08 Å². The van der Waals surface area contributed by atoms with E-state index >= 15 is 0 Å². The molecule has 1 aliphatic rings. The van der Waals surface area contributed by atoms with Crippen molar-refractivity contribution in [2.45, 2.75) is 32.3 Å². The fourth-order valence-corrected chi connectivity index (χ4v) is 1.46. The van der Waals surface area contributed by atoms with Crippen LogP contribution in [0.1, 0.15) is 26.7 Å². The second-order valence-corrected chi connectivity index (χ2v) is 3.58. The summed E-state index contributed by atoms with van der Waals surface area (Å²) < 4.78 is 5.16. The van der Waals surface area contributed by atoms with Crippen LogP contribution in [0.25, 0.3) is 0 Å². The van der Waals surface area contributed by atoms with E-state index < -0.39 is 11.6 Å². The van der Waals surface area contributed by atoms with Crippen molar-refractivity contribution in [2.24, 2.45) is 0 Å². The van der Waals surface area contributed by atoms with Gasteiger partial charge in [-0.2, -0.15) is 0 Å². The summed E-state index contributed by atoms with van der Waals surface area (Å²) in [6, 6.07) is 0. The van der Waals surface area contributed by atoms with Crippen LogP contribution >= 0.6 is 0 Å². The zero-order chi connectivity index (χ0) is 11.5. The van der Waals surface area contributed by atoms with Crippen molar-refractivity contribution in [3.8, 4) is 0 Å². The Balaban J connectivity index is 2.91. The minimum Gasteiger partial charge on any atom is -0.478 e. The van der Waals surface area contributed by atoms with Crippen LogP contribution in [0.4, 0.5) is 0 Å².